The molecule has 0 aliphatic heterocycles. The van der Waals surface area contributed by atoms with Gasteiger partial charge in [-0.1, -0.05) is 35.9 Å². The Morgan fingerprint density at radius 3 is 2.81 bits per heavy atom. The molecule has 0 unspecified atom stereocenters. The highest BCUT2D eigenvalue weighted by Crippen LogP contribution is 2.21. The van der Waals surface area contributed by atoms with E-state index in [9.17, 15) is 9.18 Å². The third kappa shape index (κ3) is 2.54. The van der Waals surface area contributed by atoms with Gasteiger partial charge in [0.2, 0.25) is 0 Å². The first-order valence-electron chi connectivity index (χ1n) is 6.45. The Morgan fingerprint density at radius 1 is 1.29 bits per heavy atom. The molecular weight excluding hydrogens is 291 g/mol. The number of carbonyl (C=O) groups excluding carboxylic acids is 1. The monoisotopic (exact) mass is 302 g/mol. The van der Waals surface area contributed by atoms with Crippen LogP contribution in [0.5, 0.6) is 0 Å². The largest absolute Gasteiger partial charge is 0.292 e. The molecule has 0 amide bonds. The molecule has 1 heterocycles. The number of hydrogen-bond donors (Lipinski definition) is 0. The minimum atomic E-state index is -0.476. The van der Waals surface area contributed by atoms with Gasteiger partial charge in [-0.25, -0.2) is 4.39 Å². The second-order valence-corrected chi connectivity index (χ2v) is 5.26. The topological polar surface area (TPSA) is 34.9 Å². The van der Waals surface area contributed by atoms with Gasteiger partial charge in [-0.3, -0.25) is 9.48 Å². The molecule has 5 heteroatoms. The normalized spacial score (nSPS) is 11.0. The van der Waals surface area contributed by atoms with E-state index >= 15 is 0 Å². The number of Topliss-reactive ketones (excluding diaryl/α,β-unsaturated/α-hetero) is 1. The zero-order valence-electron chi connectivity index (χ0n) is 11.3. The van der Waals surface area contributed by atoms with Crippen LogP contribution in [0, 0.1) is 5.82 Å². The van der Waals surface area contributed by atoms with E-state index in [1.54, 1.807) is 17.8 Å². The number of carbonyl (C=O) groups is 1. The number of nitrogens with zero attached hydrogens (tertiary/aromatic N) is 2. The van der Waals surface area contributed by atoms with E-state index in [0.29, 0.717) is 16.3 Å². The number of aromatic nitrogens is 2. The Labute approximate surface area is 126 Å². The SMILES string of the molecule is Cn1nc(C(=O)Cc2ccc(Cl)cc2F)c2ccccc21. The van der Waals surface area contributed by atoms with Crippen LogP contribution in [-0.2, 0) is 13.5 Å². The number of hydrogen-bond acceptors (Lipinski definition) is 2. The molecule has 3 rings (SSSR count). The molecule has 0 aliphatic rings. The molecule has 0 N–H and O–H groups in total. The minimum Gasteiger partial charge on any atom is -0.292 e. The van der Waals surface area contributed by atoms with Gasteiger partial charge in [-0.2, -0.15) is 5.10 Å². The summed E-state index contributed by atoms with van der Waals surface area (Å²) in [6.07, 6.45) is -0.0377. The van der Waals surface area contributed by atoms with E-state index in [0.717, 1.165) is 10.9 Å². The molecule has 0 fully saturated rings. The molecule has 0 atom stereocenters. The van der Waals surface area contributed by atoms with E-state index in [-0.39, 0.29) is 12.2 Å². The molecule has 3 aromatic rings. The van der Waals surface area contributed by atoms with Crippen LogP contribution in [-0.4, -0.2) is 15.6 Å². The number of para-hydroxylation sites is 1. The van der Waals surface area contributed by atoms with E-state index in [1.807, 2.05) is 24.3 Å². The number of rotatable bonds is 3. The molecule has 0 radical (unpaired) electrons. The lowest BCUT2D eigenvalue weighted by atomic mass is 10.0. The summed E-state index contributed by atoms with van der Waals surface area (Å²) < 4.78 is 15.4. The highest BCUT2D eigenvalue weighted by Gasteiger charge is 2.17. The summed E-state index contributed by atoms with van der Waals surface area (Å²) in [4.78, 5) is 12.4. The van der Waals surface area contributed by atoms with E-state index < -0.39 is 5.82 Å². The zero-order valence-corrected chi connectivity index (χ0v) is 12.1. The van der Waals surface area contributed by atoms with Crippen molar-refractivity contribution >= 4 is 28.3 Å². The summed E-state index contributed by atoms with van der Waals surface area (Å²) in [6.45, 7) is 0. The summed E-state index contributed by atoms with van der Waals surface area (Å²) in [7, 11) is 1.78. The van der Waals surface area contributed by atoms with Crippen LogP contribution >= 0.6 is 11.6 Å². The van der Waals surface area contributed by atoms with Gasteiger partial charge in [0.05, 0.1) is 5.52 Å². The van der Waals surface area contributed by atoms with Gasteiger partial charge in [-0.05, 0) is 23.8 Å². The Hall–Kier alpha value is -2.20. The van der Waals surface area contributed by atoms with Crippen molar-refractivity contribution in [3.8, 4) is 0 Å². The second kappa shape index (κ2) is 5.30. The first-order valence-corrected chi connectivity index (χ1v) is 6.83. The van der Waals surface area contributed by atoms with Crippen molar-refractivity contribution in [1.29, 1.82) is 0 Å². The minimum absolute atomic E-state index is 0.0377. The van der Waals surface area contributed by atoms with Crippen LogP contribution in [0.1, 0.15) is 16.1 Å². The fourth-order valence-electron chi connectivity index (χ4n) is 2.34. The van der Waals surface area contributed by atoms with Gasteiger partial charge in [0, 0.05) is 23.9 Å². The maximum absolute atomic E-state index is 13.8. The summed E-state index contributed by atoms with van der Waals surface area (Å²) in [6, 6.07) is 11.8. The van der Waals surface area contributed by atoms with E-state index in [4.69, 9.17) is 11.6 Å². The van der Waals surface area contributed by atoms with E-state index in [1.165, 1.54) is 12.1 Å². The first kappa shape index (κ1) is 13.8. The summed E-state index contributed by atoms with van der Waals surface area (Å²) in [5.74, 6) is -0.691. The molecule has 0 aliphatic carbocycles. The Balaban J connectivity index is 1.98. The average Bonchev–Trinajstić information content (AvgIpc) is 2.80. The van der Waals surface area contributed by atoms with Gasteiger partial charge in [-0.15, -0.1) is 0 Å². The molecule has 3 nitrogen and oxygen atoms in total. The third-order valence-electron chi connectivity index (χ3n) is 3.39. The lowest BCUT2D eigenvalue weighted by Crippen LogP contribution is -2.07. The average molecular weight is 303 g/mol. The number of halogens is 2. The van der Waals surface area contributed by atoms with Gasteiger partial charge >= 0.3 is 0 Å². The van der Waals surface area contributed by atoms with Crippen molar-refractivity contribution in [3.05, 3.63) is 64.6 Å². The number of aryl methyl sites for hydroxylation is 1. The summed E-state index contributed by atoms with van der Waals surface area (Å²) in [5.41, 5.74) is 1.55. The molecule has 0 bridgehead atoms. The van der Waals surface area contributed by atoms with Crippen molar-refractivity contribution in [2.75, 3.05) is 0 Å². The fourth-order valence-corrected chi connectivity index (χ4v) is 2.50. The Morgan fingerprint density at radius 2 is 2.05 bits per heavy atom. The predicted molar refractivity (Wildman–Crippen MR) is 80.2 cm³/mol. The van der Waals surface area contributed by atoms with Gasteiger partial charge in [0.15, 0.2) is 5.78 Å². The second-order valence-electron chi connectivity index (χ2n) is 4.83. The molecule has 21 heavy (non-hydrogen) atoms. The van der Waals surface area contributed by atoms with Gasteiger partial charge in [0.25, 0.3) is 0 Å². The summed E-state index contributed by atoms with van der Waals surface area (Å²) >= 11 is 5.71. The lowest BCUT2D eigenvalue weighted by Gasteiger charge is -2.02. The third-order valence-corrected chi connectivity index (χ3v) is 3.62. The number of fused-ring (bicyclic) bond motifs is 1. The molecule has 0 saturated heterocycles. The fraction of sp³-hybridized carbons (Fsp3) is 0.125. The predicted octanol–water partition coefficient (Wildman–Crippen LogP) is 3.79. The molecule has 0 saturated carbocycles. The van der Waals surface area contributed by atoms with Crippen LogP contribution in [0.25, 0.3) is 10.9 Å². The maximum atomic E-state index is 13.8. The standard InChI is InChI=1S/C16H12ClFN2O/c1-20-14-5-3-2-4-12(14)16(19-20)15(21)8-10-6-7-11(17)9-13(10)18/h2-7,9H,8H2,1H3. The zero-order chi connectivity index (χ0) is 15.0. The van der Waals surface area contributed by atoms with Crippen molar-refractivity contribution in [2.24, 2.45) is 7.05 Å². The summed E-state index contributed by atoms with van der Waals surface area (Å²) in [5, 5.41) is 5.34. The first-order chi connectivity index (χ1) is 10.1. The highest BCUT2D eigenvalue weighted by molar-refractivity contribution is 6.30. The smallest absolute Gasteiger partial charge is 0.188 e. The number of benzene rings is 2. The van der Waals surface area contributed by atoms with Crippen LogP contribution in [0.4, 0.5) is 4.39 Å². The van der Waals surface area contributed by atoms with Gasteiger partial charge in [0.1, 0.15) is 11.5 Å². The lowest BCUT2D eigenvalue weighted by molar-refractivity contribution is 0.0988. The van der Waals surface area contributed by atoms with Crippen molar-refractivity contribution in [2.45, 2.75) is 6.42 Å². The Bertz CT molecular complexity index is 841. The number of ketones is 1. The van der Waals surface area contributed by atoms with Crippen molar-refractivity contribution < 1.29 is 9.18 Å². The van der Waals surface area contributed by atoms with E-state index in [2.05, 4.69) is 5.10 Å². The van der Waals surface area contributed by atoms with Crippen molar-refractivity contribution in [3.63, 3.8) is 0 Å². The van der Waals surface area contributed by atoms with Crippen LogP contribution in [0.15, 0.2) is 42.5 Å². The molecular formula is C16H12ClFN2O. The molecule has 0 spiro atoms. The van der Waals surface area contributed by atoms with Crippen LogP contribution in [0.3, 0.4) is 0 Å². The van der Waals surface area contributed by atoms with Gasteiger partial charge < -0.3 is 0 Å². The quantitative estimate of drug-likeness (QED) is 0.690. The van der Waals surface area contributed by atoms with Crippen LogP contribution < -0.4 is 0 Å². The molecule has 106 valence electrons. The Kier molecular flexibility index (Phi) is 3.47. The molecule has 1 aromatic heterocycles. The van der Waals surface area contributed by atoms with Crippen LogP contribution in [0.2, 0.25) is 5.02 Å². The molecule has 2 aromatic carbocycles. The van der Waals surface area contributed by atoms with Crippen molar-refractivity contribution in [1.82, 2.24) is 9.78 Å². The highest BCUT2D eigenvalue weighted by atomic mass is 35.5. The maximum Gasteiger partial charge on any atom is 0.188 e.